The Morgan fingerprint density at radius 3 is 2.69 bits per heavy atom. The molecule has 2 heterocycles. The van der Waals surface area contributed by atoms with Gasteiger partial charge in [-0.05, 0) is 38.3 Å². The smallest absolute Gasteiger partial charge is 0.260 e. The van der Waals surface area contributed by atoms with Crippen molar-refractivity contribution in [2.24, 2.45) is 0 Å². The highest BCUT2D eigenvalue weighted by Crippen LogP contribution is 2.27. The lowest BCUT2D eigenvalue weighted by Gasteiger charge is -2.19. The molecule has 1 saturated heterocycles. The fraction of sp³-hybridized carbons (Fsp3) is 0.524. The van der Waals surface area contributed by atoms with E-state index >= 15 is 0 Å². The van der Waals surface area contributed by atoms with Crippen LogP contribution in [0.5, 0.6) is 5.75 Å². The number of hydrogen-bond donors (Lipinski definition) is 0. The monoisotopic (exact) mass is 419 g/mol. The number of carbonyl (C=O) groups excluding carboxylic acids is 1. The van der Waals surface area contributed by atoms with Gasteiger partial charge in [-0.25, -0.2) is 8.42 Å². The number of para-hydroxylation sites is 1. The molecule has 8 heteroatoms. The summed E-state index contributed by atoms with van der Waals surface area (Å²) in [6.07, 6.45) is 1.43. The molecule has 0 saturated carbocycles. The number of likely N-dealkylation sites (N-methyl/N-ethyl adjacent to an activating group) is 1. The van der Waals surface area contributed by atoms with Crippen molar-refractivity contribution in [1.82, 2.24) is 14.7 Å². The van der Waals surface area contributed by atoms with Crippen LogP contribution in [0.3, 0.4) is 0 Å². The molecule has 1 fully saturated rings. The fourth-order valence-corrected chi connectivity index (χ4v) is 5.45. The Labute approximate surface area is 172 Å². The molecule has 1 aliphatic rings. The number of benzene rings is 1. The lowest BCUT2D eigenvalue weighted by molar-refractivity contribution is -0.132. The van der Waals surface area contributed by atoms with Crippen LogP contribution in [0, 0.1) is 13.8 Å². The molecule has 1 atom stereocenters. The van der Waals surface area contributed by atoms with Crippen molar-refractivity contribution in [2.45, 2.75) is 46.2 Å². The first-order valence-electron chi connectivity index (χ1n) is 9.91. The second kappa shape index (κ2) is 8.57. The van der Waals surface area contributed by atoms with E-state index in [0.717, 1.165) is 34.7 Å². The van der Waals surface area contributed by atoms with E-state index in [4.69, 9.17) is 4.74 Å². The normalized spacial score (nSPS) is 18.0. The van der Waals surface area contributed by atoms with E-state index in [2.05, 4.69) is 12.0 Å². The summed E-state index contributed by atoms with van der Waals surface area (Å²) in [6.45, 7) is 6.27. The molecule has 0 radical (unpaired) electrons. The van der Waals surface area contributed by atoms with Gasteiger partial charge < -0.3 is 9.64 Å². The molecule has 29 heavy (non-hydrogen) atoms. The van der Waals surface area contributed by atoms with Crippen LogP contribution in [0.2, 0.25) is 0 Å². The molecular weight excluding hydrogens is 390 g/mol. The van der Waals surface area contributed by atoms with Crippen LogP contribution in [0.1, 0.15) is 41.9 Å². The summed E-state index contributed by atoms with van der Waals surface area (Å²) in [5, 5.41) is 4.57. The Hall–Kier alpha value is -2.35. The summed E-state index contributed by atoms with van der Waals surface area (Å²) < 4.78 is 31.2. The minimum absolute atomic E-state index is 0.0272. The number of rotatable bonds is 7. The minimum Gasteiger partial charge on any atom is -0.483 e. The first-order chi connectivity index (χ1) is 13.7. The van der Waals surface area contributed by atoms with Gasteiger partial charge in [-0.3, -0.25) is 9.48 Å². The first-order valence-corrected chi connectivity index (χ1v) is 11.7. The minimum atomic E-state index is -2.98. The number of carbonyl (C=O) groups is 1. The molecule has 0 N–H and O–H groups in total. The van der Waals surface area contributed by atoms with Gasteiger partial charge in [0.15, 0.2) is 16.4 Å². The molecule has 1 amide bonds. The Morgan fingerprint density at radius 2 is 2.03 bits per heavy atom. The summed E-state index contributed by atoms with van der Waals surface area (Å²) in [5.74, 6) is 0.957. The van der Waals surface area contributed by atoms with E-state index in [1.165, 1.54) is 0 Å². The van der Waals surface area contributed by atoms with Crippen LogP contribution in [0.15, 0.2) is 24.3 Å². The SMILES string of the molecule is CCc1ccccc1OCC(=O)N(C)Cc1c(C)nn(C2CCS(=O)(=O)C2)c1C. The average molecular weight is 420 g/mol. The zero-order valence-corrected chi connectivity index (χ0v) is 18.3. The highest BCUT2D eigenvalue weighted by atomic mass is 32.2. The van der Waals surface area contributed by atoms with E-state index in [9.17, 15) is 13.2 Å². The number of aromatic nitrogens is 2. The largest absolute Gasteiger partial charge is 0.483 e. The standard InChI is InChI=1S/C21H29N3O4S/c1-5-17-8-6-7-9-20(17)28-13-21(25)23(4)12-19-15(2)22-24(16(19)3)18-10-11-29(26,27)14-18/h6-9,18H,5,10-14H2,1-4H3. The van der Waals surface area contributed by atoms with Gasteiger partial charge in [0.25, 0.3) is 5.91 Å². The van der Waals surface area contributed by atoms with Crippen molar-refractivity contribution in [3.8, 4) is 5.75 Å². The molecule has 1 aromatic heterocycles. The Bertz CT molecular complexity index is 997. The quantitative estimate of drug-likeness (QED) is 0.689. The van der Waals surface area contributed by atoms with Crippen LogP contribution in [-0.2, 0) is 27.6 Å². The maximum atomic E-state index is 12.6. The van der Waals surface area contributed by atoms with Gasteiger partial charge >= 0.3 is 0 Å². The molecule has 7 nitrogen and oxygen atoms in total. The molecule has 2 aromatic rings. The van der Waals surface area contributed by atoms with Gasteiger partial charge in [0.2, 0.25) is 0 Å². The van der Waals surface area contributed by atoms with Crippen molar-refractivity contribution in [1.29, 1.82) is 0 Å². The molecule has 1 aromatic carbocycles. The second-order valence-corrected chi connectivity index (χ2v) is 9.88. The maximum absolute atomic E-state index is 12.6. The van der Waals surface area contributed by atoms with E-state index in [0.29, 0.717) is 13.0 Å². The topological polar surface area (TPSA) is 81.5 Å². The summed E-state index contributed by atoms with van der Waals surface area (Å²) in [4.78, 5) is 14.2. The molecule has 1 unspecified atom stereocenters. The van der Waals surface area contributed by atoms with Crippen LogP contribution < -0.4 is 4.74 Å². The summed E-state index contributed by atoms with van der Waals surface area (Å²) >= 11 is 0. The van der Waals surface area contributed by atoms with Gasteiger partial charge in [0.1, 0.15) is 5.75 Å². The predicted octanol–water partition coefficient (Wildman–Crippen LogP) is 2.46. The third kappa shape index (κ3) is 4.80. The summed E-state index contributed by atoms with van der Waals surface area (Å²) in [6, 6.07) is 7.60. The molecule has 1 aliphatic heterocycles. The Balaban J connectivity index is 1.66. The van der Waals surface area contributed by atoms with Crippen molar-refractivity contribution >= 4 is 15.7 Å². The molecule has 0 aliphatic carbocycles. The van der Waals surface area contributed by atoms with E-state index < -0.39 is 9.84 Å². The van der Waals surface area contributed by atoms with Crippen molar-refractivity contribution in [3.63, 3.8) is 0 Å². The number of sulfone groups is 1. The van der Waals surface area contributed by atoms with Gasteiger partial charge in [-0.15, -0.1) is 0 Å². The first kappa shape index (κ1) is 21.4. The number of nitrogens with zero attached hydrogens (tertiary/aromatic N) is 3. The number of amides is 1. The van der Waals surface area contributed by atoms with E-state index in [1.807, 2.05) is 42.8 Å². The van der Waals surface area contributed by atoms with Crippen LogP contribution in [0.4, 0.5) is 0 Å². The molecule has 0 spiro atoms. The highest BCUT2D eigenvalue weighted by molar-refractivity contribution is 7.91. The lowest BCUT2D eigenvalue weighted by Crippen LogP contribution is -2.31. The predicted molar refractivity (Wildman–Crippen MR) is 112 cm³/mol. The lowest BCUT2D eigenvalue weighted by atomic mass is 10.1. The van der Waals surface area contributed by atoms with Crippen molar-refractivity contribution in [3.05, 3.63) is 46.8 Å². The van der Waals surface area contributed by atoms with Gasteiger partial charge in [0.05, 0.1) is 23.2 Å². The van der Waals surface area contributed by atoms with Crippen molar-refractivity contribution < 1.29 is 17.9 Å². The third-order valence-corrected chi connectivity index (χ3v) is 7.31. The molecule has 0 bridgehead atoms. The summed E-state index contributed by atoms with van der Waals surface area (Å²) in [5.41, 5.74) is 3.77. The Morgan fingerprint density at radius 1 is 1.31 bits per heavy atom. The van der Waals surface area contributed by atoms with E-state index in [1.54, 1.807) is 11.9 Å². The molecule has 3 rings (SSSR count). The van der Waals surface area contributed by atoms with Crippen LogP contribution in [-0.4, -0.2) is 54.2 Å². The molecule has 158 valence electrons. The van der Waals surface area contributed by atoms with Crippen LogP contribution in [0.25, 0.3) is 0 Å². The van der Waals surface area contributed by atoms with Gasteiger partial charge in [-0.2, -0.15) is 5.10 Å². The third-order valence-electron chi connectivity index (χ3n) is 5.55. The zero-order valence-electron chi connectivity index (χ0n) is 17.5. The van der Waals surface area contributed by atoms with Crippen molar-refractivity contribution in [2.75, 3.05) is 25.2 Å². The number of ether oxygens (including phenoxy) is 1. The maximum Gasteiger partial charge on any atom is 0.260 e. The average Bonchev–Trinajstić information content (AvgIpc) is 3.19. The number of aryl methyl sites for hydroxylation is 2. The van der Waals surface area contributed by atoms with Crippen LogP contribution >= 0.6 is 0 Å². The van der Waals surface area contributed by atoms with E-state index in [-0.39, 0.29) is 30.1 Å². The molecular formula is C21H29N3O4S. The second-order valence-electron chi connectivity index (χ2n) is 7.65. The number of hydrogen-bond acceptors (Lipinski definition) is 5. The Kier molecular flexibility index (Phi) is 6.31. The summed E-state index contributed by atoms with van der Waals surface area (Å²) in [7, 11) is -1.24. The van der Waals surface area contributed by atoms with Gasteiger partial charge in [-0.1, -0.05) is 25.1 Å². The zero-order chi connectivity index (χ0) is 21.2. The van der Waals surface area contributed by atoms with Gasteiger partial charge in [0, 0.05) is 24.8 Å². The fourth-order valence-electron chi connectivity index (χ4n) is 3.76. The highest BCUT2D eigenvalue weighted by Gasteiger charge is 2.31.